The lowest BCUT2D eigenvalue weighted by Crippen LogP contribution is -2.41. The maximum atomic E-state index is 12.6. The van der Waals surface area contributed by atoms with Crippen molar-refractivity contribution in [2.75, 3.05) is 4.90 Å². The zero-order valence-corrected chi connectivity index (χ0v) is 14.1. The molecule has 0 bridgehead atoms. The number of amides is 2. The van der Waals surface area contributed by atoms with Crippen molar-refractivity contribution in [1.82, 2.24) is 5.32 Å². The molecule has 7 heteroatoms. The molecular weight excluding hydrogens is 330 g/mol. The number of hydrogen-bond donors (Lipinski definition) is 2. The summed E-state index contributed by atoms with van der Waals surface area (Å²) in [4.78, 5) is 26.6. The van der Waals surface area contributed by atoms with Crippen LogP contribution in [0.3, 0.4) is 0 Å². The lowest BCUT2D eigenvalue weighted by atomic mass is 10.1. The van der Waals surface area contributed by atoms with Crippen molar-refractivity contribution in [1.29, 1.82) is 0 Å². The number of para-hydroxylation sites is 1. The summed E-state index contributed by atoms with van der Waals surface area (Å²) in [6.45, 7) is 2.20. The van der Waals surface area contributed by atoms with Gasteiger partial charge in [-0.2, -0.15) is 0 Å². The van der Waals surface area contributed by atoms with Crippen LogP contribution >= 0.6 is 12.4 Å². The highest BCUT2D eigenvalue weighted by Gasteiger charge is 2.38. The summed E-state index contributed by atoms with van der Waals surface area (Å²) in [6, 6.07) is 10.6. The second-order valence-electron chi connectivity index (χ2n) is 5.66. The maximum Gasteiger partial charge on any atom is 0.255 e. The molecule has 1 fully saturated rings. The van der Waals surface area contributed by atoms with Crippen LogP contribution in [0, 0.1) is 0 Å². The Bertz CT molecular complexity index is 717. The third-order valence-corrected chi connectivity index (χ3v) is 4.01. The van der Waals surface area contributed by atoms with Crippen molar-refractivity contribution in [3.05, 3.63) is 54.0 Å². The number of carbonyl (C=O) groups is 2. The predicted octanol–water partition coefficient (Wildman–Crippen LogP) is 2.08. The van der Waals surface area contributed by atoms with Gasteiger partial charge in [0.2, 0.25) is 5.91 Å². The number of rotatable bonds is 4. The number of halogens is 1. The summed E-state index contributed by atoms with van der Waals surface area (Å²) >= 11 is 0. The molecule has 128 valence electrons. The molecule has 1 aliphatic rings. The van der Waals surface area contributed by atoms with E-state index in [4.69, 9.17) is 10.2 Å². The molecule has 1 aliphatic heterocycles. The molecule has 2 amide bonds. The Morgan fingerprint density at radius 2 is 2.08 bits per heavy atom. The van der Waals surface area contributed by atoms with E-state index in [0.717, 1.165) is 5.69 Å². The maximum absolute atomic E-state index is 12.6. The second-order valence-corrected chi connectivity index (χ2v) is 5.66. The van der Waals surface area contributed by atoms with E-state index in [1.807, 2.05) is 37.3 Å². The zero-order valence-electron chi connectivity index (χ0n) is 13.3. The van der Waals surface area contributed by atoms with Gasteiger partial charge < -0.3 is 20.4 Å². The van der Waals surface area contributed by atoms with Crippen molar-refractivity contribution in [3.8, 4) is 0 Å². The van der Waals surface area contributed by atoms with Gasteiger partial charge in [-0.3, -0.25) is 9.59 Å². The summed E-state index contributed by atoms with van der Waals surface area (Å²) in [5, 5.41) is 2.78. The molecule has 2 unspecified atom stereocenters. The first-order valence-corrected chi connectivity index (χ1v) is 7.56. The molecule has 0 saturated carbocycles. The quantitative estimate of drug-likeness (QED) is 0.884. The Morgan fingerprint density at radius 1 is 1.38 bits per heavy atom. The van der Waals surface area contributed by atoms with E-state index in [-0.39, 0.29) is 36.8 Å². The number of hydrogen-bond acceptors (Lipinski definition) is 4. The van der Waals surface area contributed by atoms with Crippen LogP contribution in [0.1, 0.15) is 29.5 Å². The number of nitrogens with two attached hydrogens (primary N) is 1. The molecular formula is C17H20ClN3O3. The molecule has 6 nitrogen and oxygen atoms in total. The number of benzene rings is 1. The minimum absolute atomic E-state index is 0. The lowest BCUT2D eigenvalue weighted by molar-refractivity contribution is -0.118. The van der Waals surface area contributed by atoms with Gasteiger partial charge in [0.25, 0.3) is 5.91 Å². The summed E-state index contributed by atoms with van der Waals surface area (Å²) in [7, 11) is 0. The normalized spacial score (nSPS) is 19.9. The standard InChI is InChI=1S/C17H19N3O3.ClH/c1-11-7-15(17(22)20(11)13-5-3-2-4-6-13)19-16(21)12-8-14(9-18)23-10-12;/h2-6,8,10-11,15H,7,9,18H2,1H3,(H,19,21);1H. The third kappa shape index (κ3) is 3.44. The van der Waals surface area contributed by atoms with E-state index in [1.54, 1.807) is 11.0 Å². The van der Waals surface area contributed by atoms with Crippen LogP contribution in [-0.4, -0.2) is 23.9 Å². The third-order valence-electron chi connectivity index (χ3n) is 4.01. The van der Waals surface area contributed by atoms with Crippen LogP contribution in [0.5, 0.6) is 0 Å². The number of nitrogens with zero attached hydrogens (tertiary/aromatic N) is 1. The minimum atomic E-state index is -0.533. The first kappa shape index (κ1) is 18.0. The van der Waals surface area contributed by atoms with E-state index in [9.17, 15) is 9.59 Å². The smallest absolute Gasteiger partial charge is 0.255 e. The van der Waals surface area contributed by atoms with E-state index >= 15 is 0 Å². The van der Waals surface area contributed by atoms with Crippen molar-refractivity contribution < 1.29 is 14.0 Å². The average Bonchev–Trinajstić information content (AvgIpc) is 3.14. The Balaban J connectivity index is 0.00000208. The Labute approximate surface area is 146 Å². The molecule has 2 heterocycles. The highest BCUT2D eigenvalue weighted by atomic mass is 35.5. The van der Waals surface area contributed by atoms with Crippen molar-refractivity contribution in [2.24, 2.45) is 5.73 Å². The SMILES string of the molecule is CC1CC(NC(=O)c2coc(CN)c2)C(=O)N1c1ccccc1.Cl. The summed E-state index contributed by atoms with van der Waals surface area (Å²) < 4.78 is 5.16. The molecule has 3 rings (SSSR count). The van der Waals surface area contributed by atoms with Crippen LogP contribution in [-0.2, 0) is 11.3 Å². The fraction of sp³-hybridized carbons (Fsp3) is 0.294. The molecule has 0 aliphatic carbocycles. The Hall–Kier alpha value is -2.31. The van der Waals surface area contributed by atoms with Gasteiger partial charge in [-0.1, -0.05) is 18.2 Å². The lowest BCUT2D eigenvalue weighted by Gasteiger charge is -2.21. The van der Waals surface area contributed by atoms with Gasteiger partial charge in [-0.15, -0.1) is 12.4 Å². The summed E-state index contributed by atoms with van der Waals surface area (Å²) in [5.41, 5.74) is 6.69. The molecule has 1 aromatic carbocycles. The zero-order chi connectivity index (χ0) is 16.4. The van der Waals surface area contributed by atoms with Crippen LogP contribution in [0.15, 0.2) is 47.1 Å². The second kappa shape index (κ2) is 7.51. The summed E-state index contributed by atoms with van der Waals surface area (Å²) in [5.74, 6) is 0.112. The summed E-state index contributed by atoms with van der Waals surface area (Å²) in [6.07, 6.45) is 1.93. The van der Waals surface area contributed by atoms with Crippen LogP contribution < -0.4 is 16.0 Å². The van der Waals surface area contributed by atoms with Gasteiger partial charge in [0, 0.05) is 11.7 Å². The molecule has 1 saturated heterocycles. The number of carbonyl (C=O) groups excluding carboxylic acids is 2. The molecule has 0 spiro atoms. The topological polar surface area (TPSA) is 88.6 Å². The molecule has 3 N–H and O–H groups in total. The van der Waals surface area contributed by atoms with Crippen LogP contribution in [0.25, 0.3) is 0 Å². The van der Waals surface area contributed by atoms with Crippen LogP contribution in [0.2, 0.25) is 0 Å². The Kier molecular flexibility index (Phi) is 5.64. The van der Waals surface area contributed by atoms with Gasteiger partial charge in [0.05, 0.1) is 12.1 Å². The molecule has 2 atom stereocenters. The van der Waals surface area contributed by atoms with Crippen LogP contribution in [0.4, 0.5) is 5.69 Å². The number of anilines is 1. The first-order chi connectivity index (χ1) is 11.1. The van der Waals surface area contributed by atoms with E-state index in [2.05, 4.69) is 5.32 Å². The van der Waals surface area contributed by atoms with Crippen molar-refractivity contribution in [3.63, 3.8) is 0 Å². The monoisotopic (exact) mass is 349 g/mol. The fourth-order valence-corrected chi connectivity index (χ4v) is 2.87. The number of nitrogens with one attached hydrogen (secondary N) is 1. The highest BCUT2D eigenvalue weighted by molar-refractivity contribution is 6.04. The average molecular weight is 350 g/mol. The van der Waals surface area contributed by atoms with E-state index < -0.39 is 6.04 Å². The minimum Gasteiger partial charge on any atom is -0.467 e. The van der Waals surface area contributed by atoms with Gasteiger partial charge in [-0.05, 0) is 31.5 Å². The molecule has 0 radical (unpaired) electrons. The van der Waals surface area contributed by atoms with Crippen molar-refractivity contribution >= 4 is 29.9 Å². The van der Waals surface area contributed by atoms with Gasteiger partial charge >= 0.3 is 0 Å². The first-order valence-electron chi connectivity index (χ1n) is 7.56. The molecule has 1 aromatic heterocycles. The van der Waals surface area contributed by atoms with E-state index in [1.165, 1.54) is 6.26 Å². The largest absolute Gasteiger partial charge is 0.467 e. The Morgan fingerprint density at radius 3 is 2.71 bits per heavy atom. The number of furan rings is 1. The van der Waals surface area contributed by atoms with Gasteiger partial charge in [0.15, 0.2) is 0 Å². The predicted molar refractivity (Wildman–Crippen MR) is 93.1 cm³/mol. The van der Waals surface area contributed by atoms with Gasteiger partial charge in [0.1, 0.15) is 18.1 Å². The van der Waals surface area contributed by atoms with E-state index in [0.29, 0.717) is 17.7 Å². The molecule has 24 heavy (non-hydrogen) atoms. The van der Waals surface area contributed by atoms with Gasteiger partial charge in [-0.25, -0.2) is 0 Å². The highest BCUT2D eigenvalue weighted by Crippen LogP contribution is 2.26. The van der Waals surface area contributed by atoms with Crippen molar-refractivity contribution in [2.45, 2.75) is 32.0 Å². The fourth-order valence-electron chi connectivity index (χ4n) is 2.87. The molecule has 2 aromatic rings.